The van der Waals surface area contributed by atoms with Gasteiger partial charge >= 0.3 is 0 Å². The van der Waals surface area contributed by atoms with Crippen LogP contribution in [0.2, 0.25) is 10.0 Å². The molecule has 18 heavy (non-hydrogen) atoms. The van der Waals surface area contributed by atoms with Crippen molar-refractivity contribution >= 4 is 59.0 Å². The number of hydrogen-bond donors (Lipinski definition) is 0. The van der Waals surface area contributed by atoms with Gasteiger partial charge in [0.2, 0.25) is 6.49 Å². The molecule has 0 saturated heterocycles. The molecule has 7 heteroatoms. The van der Waals surface area contributed by atoms with Crippen molar-refractivity contribution < 1.29 is 9.05 Å². The van der Waals surface area contributed by atoms with Crippen LogP contribution in [0.5, 0.6) is 0 Å². The molecule has 0 amide bonds. The standard InChI is InChI=1S/C11H11Cl2O2PS2/c1-2-14-16(17)7-18-6-11(15-16)9-4-3-8(12)5-10(9)13/h3-6H,2,7H2,1H3. The number of benzene rings is 1. The maximum absolute atomic E-state index is 6.16. The van der Waals surface area contributed by atoms with Gasteiger partial charge in [-0.25, -0.2) is 0 Å². The quantitative estimate of drug-likeness (QED) is 0.689. The zero-order valence-corrected chi connectivity index (χ0v) is 13.6. The molecule has 0 fully saturated rings. The first kappa shape index (κ1) is 14.7. The van der Waals surface area contributed by atoms with E-state index in [9.17, 15) is 0 Å². The Morgan fingerprint density at radius 2 is 2.28 bits per heavy atom. The van der Waals surface area contributed by atoms with Gasteiger partial charge in [-0.2, -0.15) is 0 Å². The molecule has 1 aliphatic rings. The lowest BCUT2D eigenvalue weighted by Gasteiger charge is -2.27. The van der Waals surface area contributed by atoms with Gasteiger partial charge in [0.25, 0.3) is 0 Å². The Kier molecular flexibility index (Phi) is 5.04. The molecule has 1 atom stereocenters. The minimum absolute atomic E-state index is 0.550. The second-order valence-electron chi connectivity index (χ2n) is 3.52. The molecule has 0 bridgehead atoms. The van der Waals surface area contributed by atoms with Crippen LogP contribution >= 0.6 is 41.5 Å². The van der Waals surface area contributed by atoms with Crippen LogP contribution in [0.15, 0.2) is 23.6 Å². The van der Waals surface area contributed by atoms with Crippen molar-refractivity contribution in [1.82, 2.24) is 0 Å². The maximum Gasteiger partial charge on any atom is 0.248 e. The molecule has 2 nitrogen and oxygen atoms in total. The Morgan fingerprint density at radius 3 is 2.94 bits per heavy atom. The largest absolute Gasteiger partial charge is 0.441 e. The second kappa shape index (κ2) is 6.17. The van der Waals surface area contributed by atoms with Gasteiger partial charge < -0.3 is 9.05 Å². The van der Waals surface area contributed by atoms with Gasteiger partial charge in [-0.15, -0.1) is 11.8 Å². The molecule has 2 rings (SSSR count). The molecule has 1 unspecified atom stereocenters. The van der Waals surface area contributed by atoms with Crippen LogP contribution in [0.4, 0.5) is 0 Å². The van der Waals surface area contributed by atoms with Gasteiger partial charge in [-0.1, -0.05) is 23.2 Å². The van der Waals surface area contributed by atoms with Gasteiger partial charge in [-0.05, 0) is 36.9 Å². The highest BCUT2D eigenvalue weighted by Gasteiger charge is 2.26. The Labute approximate surface area is 126 Å². The van der Waals surface area contributed by atoms with Crippen molar-refractivity contribution in [2.24, 2.45) is 0 Å². The van der Waals surface area contributed by atoms with Gasteiger partial charge in [0.05, 0.1) is 17.1 Å². The number of thioether (sulfide) groups is 1. The molecule has 0 radical (unpaired) electrons. The van der Waals surface area contributed by atoms with Crippen molar-refractivity contribution in [3.63, 3.8) is 0 Å². The average Bonchev–Trinajstić information content (AvgIpc) is 2.28. The zero-order chi connectivity index (χ0) is 13.2. The summed E-state index contributed by atoms with van der Waals surface area (Å²) in [5.74, 6) is 0.671. The Hall–Kier alpha value is 0.300. The van der Waals surface area contributed by atoms with Gasteiger partial charge in [-0.3, -0.25) is 0 Å². The summed E-state index contributed by atoms with van der Waals surface area (Å²) in [5, 5.41) is 3.06. The van der Waals surface area contributed by atoms with Crippen LogP contribution in [0.25, 0.3) is 5.76 Å². The maximum atomic E-state index is 6.16. The lowest BCUT2D eigenvalue weighted by Crippen LogP contribution is -2.01. The van der Waals surface area contributed by atoms with Crippen molar-refractivity contribution in [3.05, 3.63) is 39.2 Å². The topological polar surface area (TPSA) is 18.5 Å². The number of hydrogen-bond acceptors (Lipinski definition) is 4. The summed E-state index contributed by atoms with van der Waals surface area (Å²) in [7, 11) is 0. The van der Waals surface area contributed by atoms with E-state index in [4.69, 9.17) is 44.1 Å². The molecule has 98 valence electrons. The smallest absolute Gasteiger partial charge is 0.248 e. The summed E-state index contributed by atoms with van der Waals surface area (Å²) in [5.41, 5.74) is 1.48. The number of rotatable bonds is 3. The minimum atomic E-state index is -2.23. The van der Waals surface area contributed by atoms with E-state index in [0.717, 1.165) is 5.56 Å². The van der Waals surface area contributed by atoms with Crippen molar-refractivity contribution in [2.45, 2.75) is 6.92 Å². The highest BCUT2D eigenvalue weighted by atomic mass is 35.5. The molecule has 0 spiro atoms. The van der Waals surface area contributed by atoms with Crippen molar-refractivity contribution in [2.75, 3.05) is 12.1 Å². The fourth-order valence-corrected chi connectivity index (χ4v) is 5.90. The first-order valence-electron chi connectivity index (χ1n) is 5.24. The van der Waals surface area contributed by atoms with Crippen LogP contribution in [-0.2, 0) is 20.9 Å². The van der Waals surface area contributed by atoms with E-state index < -0.39 is 6.49 Å². The fraction of sp³-hybridized carbons (Fsp3) is 0.273. The lowest BCUT2D eigenvalue weighted by molar-refractivity contribution is 0.325. The summed E-state index contributed by atoms with van der Waals surface area (Å²) in [6.07, 6.45) is 0. The van der Waals surface area contributed by atoms with Crippen molar-refractivity contribution in [3.8, 4) is 0 Å². The molecule has 1 aliphatic heterocycles. The SMILES string of the molecule is CCOP1(=S)CSC=C(c2ccc(Cl)cc2Cl)O1. The molecule has 0 N–H and O–H groups in total. The van der Waals surface area contributed by atoms with Crippen LogP contribution < -0.4 is 0 Å². The van der Waals surface area contributed by atoms with Crippen LogP contribution in [0.3, 0.4) is 0 Å². The average molecular weight is 341 g/mol. The normalized spacial score (nSPS) is 23.4. The Balaban J connectivity index is 2.29. The van der Waals surface area contributed by atoms with Crippen molar-refractivity contribution in [1.29, 1.82) is 0 Å². The minimum Gasteiger partial charge on any atom is -0.441 e. The third-order valence-electron chi connectivity index (χ3n) is 2.18. The van der Waals surface area contributed by atoms with E-state index in [0.29, 0.717) is 27.9 Å². The van der Waals surface area contributed by atoms with E-state index in [1.54, 1.807) is 23.9 Å². The first-order chi connectivity index (χ1) is 8.54. The third kappa shape index (κ3) is 3.44. The Morgan fingerprint density at radius 1 is 1.50 bits per heavy atom. The predicted octanol–water partition coefficient (Wildman–Crippen LogP) is 5.36. The van der Waals surface area contributed by atoms with E-state index in [1.165, 1.54) is 0 Å². The fourth-order valence-electron chi connectivity index (χ4n) is 1.46. The summed E-state index contributed by atoms with van der Waals surface area (Å²) in [4.78, 5) is 0. The first-order valence-corrected chi connectivity index (χ1v) is 9.87. The summed E-state index contributed by atoms with van der Waals surface area (Å²) in [6, 6.07) is 5.29. The van der Waals surface area contributed by atoms with Crippen LogP contribution in [-0.4, -0.2) is 12.1 Å². The summed E-state index contributed by atoms with van der Waals surface area (Å²) < 4.78 is 11.4. The molecule has 1 aromatic carbocycles. The highest BCUT2D eigenvalue weighted by Crippen LogP contribution is 2.58. The zero-order valence-electron chi connectivity index (χ0n) is 9.56. The van der Waals surface area contributed by atoms with E-state index in [2.05, 4.69) is 0 Å². The molecule has 1 heterocycles. The molecular weight excluding hydrogens is 330 g/mol. The Bertz CT molecular complexity index is 534. The van der Waals surface area contributed by atoms with Crippen LogP contribution in [0.1, 0.15) is 12.5 Å². The number of halogens is 2. The summed E-state index contributed by atoms with van der Waals surface area (Å²) >= 11 is 19.1. The van der Waals surface area contributed by atoms with Crippen LogP contribution in [0, 0.1) is 0 Å². The molecular formula is C11H11Cl2O2PS2. The molecule has 0 aromatic heterocycles. The lowest BCUT2D eigenvalue weighted by atomic mass is 10.2. The van der Waals surface area contributed by atoms with Gasteiger partial charge in [0, 0.05) is 16.0 Å². The van der Waals surface area contributed by atoms with Gasteiger partial charge in [0.15, 0.2) is 0 Å². The predicted molar refractivity (Wildman–Crippen MR) is 83.9 cm³/mol. The molecule has 0 saturated carbocycles. The summed E-state index contributed by atoms with van der Waals surface area (Å²) in [6.45, 7) is 0.237. The molecule has 0 aliphatic carbocycles. The monoisotopic (exact) mass is 340 g/mol. The van der Waals surface area contributed by atoms with E-state index >= 15 is 0 Å². The van der Waals surface area contributed by atoms with Gasteiger partial charge in [0.1, 0.15) is 5.76 Å². The third-order valence-corrected chi connectivity index (χ3v) is 7.59. The molecule has 1 aromatic rings. The van der Waals surface area contributed by atoms with E-state index in [1.807, 2.05) is 18.4 Å². The second-order valence-corrected chi connectivity index (χ2v) is 9.30. The van der Waals surface area contributed by atoms with E-state index in [-0.39, 0.29) is 0 Å². The highest BCUT2D eigenvalue weighted by molar-refractivity contribution is 8.19.